The van der Waals surface area contributed by atoms with Gasteiger partial charge in [-0.1, -0.05) is 37.2 Å². The summed E-state index contributed by atoms with van der Waals surface area (Å²) in [7, 11) is 0. The quantitative estimate of drug-likeness (QED) is 0.798. The molecule has 0 unspecified atom stereocenters. The molecule has 2 aromatic rings. The zero-order valence-electron chi connectivity index (χ0n) is 15.0. The molecule has 0 spiro atoms. The van der Waals surface area contributed by atoms with Crippen LogP contribution >= 0.6 is 0 Å². The Bertz CT molecular complexity index is 693. The lowest BCUT2D eigenvalue weighted by Gasteiger charge is -2.29. The van der Waals surface area contributed by atoms with Gasteiger partial charge in [0, 0.05) is 24.2 Å². The van der Waals surface area contributed by atoms with Crippen molar-refractivity contribution in [2.24, 2.45) is 0 Å². The Hall–Kier alpha value is -2.63. The van der Waals surface area contributed by atoms with E-state index < -0.39 is 0 Å². The van der Waals surface area contributed by atoms with Gasteiger partial charge in [-0.15, -0.1) is 0 Å². The van der Waals surface area contributed by atoms with Crippen LogP contribution in [0.5, 0.6) is 0 Å². The highest BCUT2D eigenvalue weighted by atomic mass is 16.5. The van der Waals surface area contributed by atoms with E-state index in [1.807, 2.05) is 25.1 Å². The number of benzene rings is 1. The maximum absolute atomic E-state index is 12.9. The number of hydrogen-bond acceptors (Lipinski definition) is 4. The summed E-state index contributed by atoms with van der Waals surface area (Å²) in [6.07, 6.45) is 1.68. The van der Waals surface area contributed by atoms with Gasteiger partial charge in [0.1, 0.15) is 0 Å². The molecule has 0 fully saturated rings. The van der Waals surface area contributed by atoms with E-state index in [1.165, 1.54) is 0 Å². The van der Waals surface area contributed by atoms with Crippen LogP contribution < -0.4 is 5.32 Å². The molecular weight excluding hydrogens is 318 g/mol. The van der Waals surface area contributed by atoms with Crippen LogP contribution in [0.3, 0.4) is 0 Å². The maximum Gasteiger partial charge on any atom is 0.273 e. The highest BCUT2D eigenvalue weighted by Gasteiger charge is 2.24. The molecule has 1 aromatic carbocycles. The second-order valence-electron chi connectivity index (χ2n) is 5.81. The number of nitrogens with one attached hydrogen (secondary N) is 1. The van der Waals surface area contributed by atoms with E-state index in [1.54, 1.807) is 23.1 Å². The third kappa shape index (κ3) is 4.68. The molecule has 6 nitrogen and oxygen atoms in total. The summed E-state index contributed by atoms with van der Waals surface area (Å²) < 4.78 is 5.28. The summed E-state index contributed by atoms with van der Waals surface area (Å²) in [5.41, 5.74) is 0.867. The van der Waals surface area contributed by atoms with Gasteiger partial charge in [-0.2, -0.15) is 0 Å². The molecule has 0 radical (unpaired) electrons. The second kappa shape index (κ2) is 9.01. The first-order valence-corrected chi connectivity index (χ1v) is 8.70. The normalized spacial score (nSPS) is 10.7. The van der Waals surface area contributed by atoms with Crippen LogP contribution in [0.15, 0.2) is 40.9 Å². The van der Waals surface area contributed by atoms with E-state index in [0.29, 0.717) is 17.9 Å². The Morgan fingerprint density at radius 1 is 1.16 bits per heavy atom. The third-order valence-corrected chi connectivity index (χ3v) is 4.12. The first-order chi connectivity index (χ1) is 12.1. The average molecular weight is 343 g/mol. The van der Waals surface area contributed by atoms with Crippen molar-refractivity contribution in [2.75, 3.05) is 6.54 Å². The molecule has 25 heavy (non-hydrogen) atoms. The minimum atomic E-state index is -0.277. The molecule has 1 N–H and O–H groups in total. The number of carbonyl (C=O) groups is 2. The van der Waals surface area contributed by atoms with Crippen LogP contribution in [-0.4, -0.2) is 34.5 Å². The lowest BCUT2D eigenvalue weighted by atomic mass is 10.1. The van der Waals surface area contributed by atoms with Crippen LogP contribution in [0.1, 0.15) is 60.2 Å². The Balaban J connectivity index is 2.22. The highest BCUT2D eigenvalue weighted by Crippen LogP contribution is 2.18. The Kier molecular flexibility index (Phi) is 6.74. The van der Waals surface area contributed by atoms with E-state index >= 15 is 0 Å². The van der Waals surface area contributed by atoms with Gasteiger partial charge in [0.25, 0.3) is 11.8 Å². The molecular formula is C19H25N3O3. The molecule has 0 aliphatic carbocycles. The summed E-state index contributed by atoms with van der Waals surface area (Å²) in [6.45, 7) is 6.76. The van der Waals surface area contributed by atoms with Crippen molar-refractivity contribution in [2.45, 2.75) is 46.2 Å². The molecule has 1 heterocycles. The molecule has 0 saturated carbocycles. The molecule has 1 aromatic heterocycles. The SMILES string of the molecule is CCNC(=O)c1cc(CN(C(=O)c2ccccc2)C(CC)CC)on1. The summed E-state index contributed by atoms with van der Waals surface area (Å²) >= 11 is 0. The van der Waals surface area contributed by atoms with Crippen LogP contribution in [-0.2, 0) is 6.54 Å². The van der Waals surface area contributed by atoms with E-state index in [2.05, 4.69) is 24.3 Å². The van der Waals surface area contributed by atoms with E-state index in [0.717, 1.165) is 12.8 Å². The van der Waals surface area contributed by atoms with Gasteiger partial charge in [-0.05, 0) is 31.9 Å². The number of aromatic nitrogens is 1. The van der Waals surface area contributed by atoms with Gasteiger partial charge < -0.3 is 14.7 Å². The van der Waals surface area contributed by atoms with Gasteiger partial charge in [0.2, 0.25) is 0 Å². The van der Waals surface area contributed by atoms with Gasteiger partial charge in [0.15, 0.2) is 11.5 Å². The molecule has 6 heteroatoms. The number of nitrogens with zero attached hydrogens (tertiary/aromatic N) is 2. The number of carbonyl (C=O) groups excluding carboxylic acids is 2. The molecule has 0 aliphatic heterocycles. The van der Waals surface area contributed by atoms with Crippen molar-refractivity contribution in [1.29, 1.82) is 0 Å². The molecule has 2 amide bonds. The fraction of sp³-hybridized carbons (Fsp3) is 0.421. The van der Waals surface area contributed by atoms with Crippen molar-refractivity contribution in [3.63, 3.8) is 0 Å². The summed E-state index contributed by atoms with van der Waals surface area (Å²) in [4.78, 5) is 26.6. The first kappa shape index (κ1) is 18.7. The zero-order chi connectivity index (χ0) is 18.2. The average Bonchev–Trinajstić information content (AvgIpc) is 3.11. The molecule has 0 bridgehead atoms. The predicted octanol–water partition coefficient (Wildman–Crippen LogP) is 3.26. The molecule has 2 rings (SSSR count). The first-order valence-electron chi connectivity index (χ1n) is 8.70. The lowest BCUT2D eigenvalue weighted by molar-refractivity contribution is 0.0627. The summed E-state index contributed by atoms with van der Waals surface area (Å²) in [6, 6.07) is 10.9. The smallest absolute Gasteiger partial charge is 0.273 e. The fourth-order valence-corrected chi connectivity index (χ4v) is 2.76. The van der Waals surface area contributed by atoms with Crippen molar-refractivity contribution >= 4 is 11.8 Å². The minimum Gasteiger partial charge on any atom is -0.359 e. The molecule has 0 saturated heterocycles. The minimum absolute atomic E-state index is 0.0507. The number of hydrogen-bond donors (Lipinski definition) is 1. The molecule has 134 valence electrons. The van der Waals surface area contributed by atoms with Crippen LogP contribution in [0.25, 0.3) is 0 Å². The van der Waals surface area contributed by atoms with Crippen LogP contribution in [0.2, 0.25) is 0 Å². The third-order valence-electron chi connectivity index (χ3n) is 4.12. The van der Waals surface area contributed by atoms with Gasteiger partial charge in [0.05, 0.1) is 6.54 Å². The zero-order valence-corrected chi connectivity index (χ0v) is 15.0. The standard InChI is InChI=1S/C19H25N3O3/c1-4-15(5-2)22(19(24)14-10-8-7-9-11-14)13-16-12-17(21-25-16)18(23)20-6-3/h7-12,15H,4-6,13H2,1-3H3,(H,20,23). The Morgan fingerprint density at radius 3 is 2.44 bits per heavy atom. The van der Waals surface area contributed by atoms with E-state index in [4.69, 9.17) is 4.52 Å². The van der Waals surface area contributed by atoms with Gasteiger partial charge in [-0.25, -0.2) is 0 Å². The van der Waals surface area contributed by atoms with Crippen LogP contribution in [0.4, 0.5) is 0 Å². The lowest BCUT2D eigenvalue weighted by Crippen LogP contribution is -2.39. The fourth-order valence-electron chi connectivity index (χ4n) is 2.76. The second-order valence-corrected chi connectivity index (χ2v) is 5.81. The van der Waals surface area contributed by atoms with Crippen molar-refractivity contribution in [3.8, 4) is 0 Å². The largest absolute Gasteiger partial charge is 0.359 e. The highest BCUT2D eigenvalue weighted by molar-refractivity contribution is 5.94. The Morgan fingerprint density at radius 2 is 1.84 bits per heavy atom. The van der Waals surface area contributed by atoms with Crippen molar-refractivity contribution < 1.29 is 14.1 Å². The Labute approximate surface area is 148 Å². The monoisotopic (exact) mass is 343 g/mol. The van der Waals surface area contributed by atoms with Crippen LogP contribution in [0, 0.1) is 0 Å². The predicted molar refractivity (Wildman–Crippen MR) is 95.2 cm³/mol. The maximum atomic E-state index is 12.9. The number of amides is 2. The number of rotatable bonds is 8. The van der Waals surface area contributed by atoms with Crippen molar-refractivity contribution in [1.82, 2.24) is 15.4 Å². The van der Waals surface area contributed by atoms with Gasteiger partial charge in [-0.3, -0.25) is 9.59 Å². The van der Waals surface area contributed by atoms with Crippen molar-refractivity contribution in [3.05, 3.63) is 53.4 Å². The molecule has 0 atom stereocenters. The molecule has 0 aliphatic rings. The van der Waals surface area contributed by atoms with E-state index in [9.17, 15) is 9.59 Å². The van der Waals surface area contributed by atoms with E-state index in [-0.39, 0.29) is 30.1 Å². The topological polar surface area (TPSA) is 75.4 Å². The summed E-state index contributed by atoms with van der Waals surface area (Å²) in [5, 5.41) is 6.49. The van der Waals surface area contributed by atoms with Gasteiger partial charge >= 0.3 is 0 Å². The summed E-state index contributed by atoms with van der Waals surface area (Å²) in [5.74, 6) is 0.170.